The van der Waals surface area contributed by atoms with Gasteiger partial charge in [0.05, 0.1) is 0 Å². The molecule has 0 aliphatic heterocycles. The fourth-order valence-corrected chi connectivity index (χ4v) is 2.10. The monoisotopic (exact) mass is 251 g/mol. The maximum Gasteiger partial charge on any atom is 0.331 e. The summed E-state index contributed by atoms with van der Waals surface area (Å²) < 4.78 is 13.2. The molecule has 1 saturated carbocycles. The normalized spacial score (nSPS) is 16.1. The van der Waals surface area contributed by atoms with Crippen LogP contribution in [0, 0.1) is 5.82 Å². The molecule has 1 aromatic carbocycles. The average Bonchev–Trinajstić information content (AvgIpc) is 3.08. The molecule has 0 saturated heterocycles. The van der Waals surface area contributed by atoms with Crippen molar-refractivity contribution in [2.24, 2.45) is 0 Å². The van der Waals surface area contributed by atoms with Crippen molar-refractivity contribution in [3.05, 3.63) is 35.6 Å². The number of amides is 1. The Morgan fingerprint density at radius 1 is 1.44 bits per heavy atom. The van der Waals surface area contributed by atoms with Crippen LogP contribution in [0.1, 0.15) is 31.4 Å². The third kappa shape index (κ3) is 2.50. The van der Waals surface area contributed by atoms with Crippen molar-refractivity contribution in [1.82, 2.24) is 4.90 Å². The molecular weight excluding hydrogens is 237 g/mol. The van der Waals surface area contributed by atoms with Gasteiger partial charge in [-0.25, -0.2) is 9.18 Å². The van der Waals surface area contributed by atoms with Gasteiger partial charge in [0.2, 0.25) is 5.91 Å². The summed E-state index contributed by atoms with van der Waals surface area (Å²) in [6, 6.07) is 4.25. The van der Waals surface area contributed by atoms with Gasteiger partial charge in [-0.1, -0.05) is 12.1 Å². The molecule has 1 fully saturated rings. The van der Waals surface area contributed by atoms with Crippen molar-refractivity contribution in [2.45, 2.75) is 31.8 Å². The van der Waals surface area contributed by atoms with Crippen LogP contribution in [0.2, 0.25) is 0 Å². The molecule has 0 bridgehead atoms. The van der Waals surface area contributed by atoms with E-state index >= 15 is 0 Å². The summed E-state index contributed by atoms with van der Waals surface area (Å²) in [5, 5.41) is 9.30. The zero-order chi connectivity index (χ0) is 13.3. The van der Waals surface area contributed by atoms with Crippen LogP contribution in [0.5, 0.6) is 0 Å². The van der Waals surface area contributed by atoms with Crippen LogP contribution >= 0.6 is 0 Å². The van der Waals surface area contributed by atoms with Crippen LogP contribution in [0.25, 0.3) is 0 Å². The molecule has 1 unspecified atom stereocenters. The summed E-state index contributed by atoms with van der Waals surface area (Å²) in [5.41, 5.74) is 0.296. The van der Waals surface area contributed by atoms with Crippen LogP contribution < -0.4 is 0 Å². The number of carboxylic acids is 1. The van der Waals surface area contributed by atoms with Gasteiger partial charge >= 0.3 is 5.97 Å². The zero-order valence-electron chi connectivity index (χ0n) is 9.97. The highest BCUT2D eigenvalue weighted by molar-refractivity contribution is 5.84. The minimum absolute atomic E-state index is 0.0353. The Balaban J connectivity index is 2.38. The Morgan fingerprint density at radius 2 is 2.11 bits per heavy atom. The van der Waals surface area contributed by atoms with Gasteiger partial charge in [-0.2, -0.15) is 0 Å². The number of rotatable bonds is 4. The summed E-state index contributed by atoms with van der Waals surface area (Å²) in [6.07, 6.45) is 1.61. The van der Waals surface area contributed by atoms with Crippen molar-refractivity contribution in [3.63, 3.8) is 0 Å². The predicted molar refractivity (Wildman–Crippen MR) is 62.3 cm³/mol. The molecular formula is C13H14FNO3. The number of aliphatic carboxylic acids is 1. The molecule has 1 amide bonds. The van der Waals surface area contributed by atoms with Gasteiger partial charge < -0.3 is 10.0 Å². The van der Waals surface area contributed by atoms with E-state index in [-0.39, 0.29) is 11.9 Å². The maximum atomic E-state index is 13.2. The van der Waals surface area contributed by atoms with Crippen LogP contribution in [-0.4, -0.2) is 27.9 Å². The van der Waals surface area contributed by atoms with Crippen molar-refractivity contribution in [1.29, 1.82) is 0 Å². The maximum absolute atomic E-state index is 13.2. The van der Waals surface area contributed by atoms with Crippen molar-refractivity contribution in [2.75, 3.05) is 0 Å². The zero-order valence-corrected chi connectivity index (χ0v) is 9.97. The Hall–Kier alpha value is -1.91. The molecule has 96 valence electrons. The molecule has 0 radical (unpaired) electrons. The topological polar surface area (TPSA) is 57.6 Å². The van der Waals surface area contributed by atoms with E-state index in [4.69, 9.17) is 0 Å². The highest BCUT2D eigenvalue weighted by atomic mass is 19.1. The molecule has 0 spiro atoms. The predicted octanol–water partition coefficient (Wildman–Crippen LogP) is 1.96. The lowest BCUT2D eigenvalue weighted by Crippen LogP contribution is -2.39. The largest absolute Gasteiger partial charge is 0.479 e. The molecule has 1 aliphatic rings. The lowest BCUT2D eigenvalue weighted by atomic mass is 10.0. The molecule has 0 aromatic heterocycles. The SMILES string of the molecule is CC(=O)N(C1CC1)C(C(=O)O)c1cccc(F)c1. The summed E-state index contributed by atoms with van der Waals surface area (Å²) in [4.78, 5) is 24.3. The lowest BCUT2D eigenvalue weighted by molar-refractivity contribution is -0.150. The van der Waals surface area contributed by atoms with Crippen LogP contribution in [0.4, 0.5) is 4.39 Å². The first-order valence-electron chi connectivity index (χ1n) is 5.78. The van der Waals surface area contributed by atoms with Gasteiger partial charge in [0, 0.05) is 13.0 Å². The van der Waals surface area contributed by atoms with Crippen molar-refractivity contribution >= 4 is 11.9 Å². The van der Waals surface area contributed by atoms with Crippen LogP contribution in [0.15, 0.2) is 24.3 Å². The second-order valence-corrected chi connectivity index (χ2v) is 4.45. The van der Waals surface area contributed by atoms with E-state index in [2.05, 4.69) is 0 Å². The summed E-state index contributed by atoms with van der Waals surface area (Å²) >= 11 is 0. The van der Waals surface area contributed by atoms with Gasteiger partial charge in [-0.15, -0.1) is 0 Å². The van der Waals surface area contributed by atoms with E-state index in [0.29, 0.717) is 5.56 Å². The Labute approximate surface area is 104 Å². The average molecular weight is 251 g/mol. The van der Waals surface area contributed by atoms with Crippen molar-refractivity contribution in [3.8, 4) is 0 Å². The molecule has 1 N–H and O–H groups in total. The number of nitrogens with zero attached hydrogens (tertiary/aromatic N) is 1. The molecule has 18 heavy (non-hydrogen) atoms. The van der Waals surface area contributed by atoms with Crippen LogP contribution in [-0.2, 0) is 9.59 Å². The van der Waals surface area contributed by atoms with Gasteiger partial charge in [0.15, 0.2) is 6.04 Å². The molecule has 1 aliphatic carbocycles. The van der Waals surface area contributed by atoms with Crippen molar-refractivity contribution < 1.29 is 19.1 Å². The number of carbonyl (C=O) groups excluding carboxylic acids is 1. The molecule has 2 rings (SSSR count). The van der Waals surface area contributed by atoms with Gasteiger partial charge in [0.25, 0.3) is 0 Å². The Morgan fingerprint density at radius 3 is 2.56 bits per heavy atom. The van der Waals surface area contributed by atoms with Gasteiger partial charge in [-0.05, 0) is 30.5 Å². The fourth-order valence-electron chi connectivity index (χ4n) is 2.10. The summed E-state index contributed by atoms with van der Waals surface area (Å²) in [6.45, 7) is 1.34. The Kier molecular flexibility index (Phi) is 3.32. The first-order valence-corrected chi connectivity index (χ1v) is 5.78. The van der Waals surface area contributed by atoms with E-state index in [9.17, 15) is 19.1 Å². The highest BCUT2D eigenvalue weighted by Crippen LogP contribution is 2.34. The van der Waals surface area contributed by atoms with Gasteiger partial charge in [-0.3, -0.25) is 4.79 Å². The lowest BCUT2D eigenvalue weighted by Gasteiger charge is -2.28. The third-order valence-corrected chi connectivity index (χ3v) is 2.98. The number of carboxylic acid groups (broad SMARTS) is 1. The third-order valence-electron chi connectivity index (χ3n) is 2.98. The number of hydrogen-bond acceptors (Lipinski definition) is 2. The fraction of sp³-hybridized carbons (Fsp3) is 0.385. The second-order valence-electron chi connectivity index (χ2n) is 4.45. The first-order chi connectivity index (χ1) is 8.50. The standard InChI is InChI=1S/C13H14FNO3/c1-8(16)15(11-5-6-11)12(13(17)18)9-3-2-4-10(14)7-9/h2-4,7,11-12H,5-6H2,1H3,(H,17,18). The van der Waals surface area contributed by atoms with E-state index in [1.54, 1.807) is 0 Å². The van der Waals surface area contributed by atoms with Crippen LogP contribution in [0.3, 0.4) is 0 Å². The number of halogens is 1. The molecule has 1 atom stereocenters. The molecule has 0 heterocycles. The Bertz CT molecular complexity index is 485. The summed E-state index contributed by atoms with van der Waals surface area (Å²) in [7, 11) is 0. The molecule has 4 nitrogen and oxygen atoms in total. The van der Waals surface area contributed by atoms with E-state index in [1.165, 1.54) is 30.0 Å². The minimum atomic E-state index is -1.14. The number of carbonyl (C=O) groups is 2. The smallest absolute Gasteiger partial charge is 0.331 e. The van der Waals surface area contributed by atoms with E-state index in [1.807, 2.05) is 0 Å². The quantitative estimate of drug-likeness (QED) is 0.890. The minimum Gasteiger partial charge on any atom is -0.479 e. The molecule has 1 aromatic rings. The second kappa shape index (κ2) is 4.76. The first kappa shape index (κ1) is 12.5. The number of benzene rings is 1. The highest BCUT2D eigenvalue weighted by Gasteiger charge is 2.39. The van der Waals surface area contributed by atoms with E-state index < -0.39 is 17.8 Å². The number of hydrogen-bond donors (Lipinski definition) is 1. The molecule has 5 heteroatoms. The van der Waals surface area contributed by atoms with E-state index in [0.717, 1.165) is 18.9 Å². The van der Waals surface area contributed by atoms with Gasteiger partial charge in [0.1, 0.15) is 5.82 Å². The summed E-state index contributed by atoms with van der Waals surface area (Å²) in [5.74, 6) is -1.94.